The molecule has 0 atom stereocenters. The topological polar surface area (TPSA) is 18.5 Å². The quantitative estimate of drug-likeness (QED) is 0.525. The third-order valence-corrected chi connectivity index (χ3v) is 2.45. The Morgan fingerprint density at radius 1 is 1.20 bits per heavy atom. The van der Waals surface area contributed by atoms with Gasteiger partial charge >= 0.3 is 6.92 Å². The van der Waals surface area contributed by atoms with Gasteiger partial charge in [-0.2, -0.15) is 0 Å². The van der Waals surface area contributed by atoms with E-state index >= 15 is 0 Å². The Kier molecular flexibility index (Phi) is 5.26. The molecule has 0 spiro atoms. The Morgan fingerprint density at radius 2 is 1.87 bits per heavy atom. The predicted molar refractivity (Wildman–Crippen MR) is 65.1 cm³/mol. The molecule has 0 aliphatic heterocycles. The van der Waals surface area contributed by atoms with Crippen LogP contribution in [0.4, 0.5) is 0 Å². The van der Waals surface area contributed by atoms with Crippen LogP contribution in [-0.4, -0.2) is 20.6 Å². The van der Waals surface area contributed by atoms with Crippen LogP contribution in [0.15, 0.2) is 24.3 Å². The van der Waals surface area contributed by atoms with Crippen LogP contribution in [0.2, 0.25) is 6.82 Å². The Balaban J connectivity index is 2.46. The molecule has 0 aliphatic rings. The number of benzene rings is 1. The third-order valence-electron chi connectivity index (χ3n) is 2.45. The first kappa shape index (κ1) is 12.1. The van der Waals surface area contributed by atoms with Gasteiger partial charge in [0, 0.05) is 6.61 Å². The van der Waals surface area contributed by atoms with E-state index in [-0.39, 0.29) is 6.92 Å². The van der Waals surface area contributed by atoms with Gasteiger partial charge in [-0.15, -0.1) is 0 Å². The standard InChI is InChI=1S/C12H19BO2/c1-4-5-10-15-13(2)11-6-8-12(14-3)9-7-11/h6-9H,4-5,10H2,1-3H3. The molecule has 0 fully saturated rings. The van der Waals surface area contributed by atoms with Gasteiger partial charge in [-0.25, -0.2) is 0 Å². The third kappa shape index (κ3) is 3.96. The van der Waals surface area contributed by atoms with Gasteiger partial charge in [-0.3, -0.25) is 0 Å². The molecule has 82 valence electrons. The van der Waals surface area contributed by atoms with Crippen LogP contribution < -0.4 is 10.2 Å². The van der Waals surface area contributed by atoms with Crippen LogP contribution in [0.3, 0.4) is 0 Å². The summed E-state index contributed by atoms with van der Waals surface area (Å²) in [5, 5.41) is 0. The van der Waals surface area contributed by atoms with E-state index < -0.39 is 0 Å². The first-order valence-electron chi connectivity index (χ1n) is 5.53. The van der Waals surface area contributed by atoms with Gasteiger partial charge in [0.25, 0.3) is 0 Å². The molecule has 0 unspecified atom stereocenters. The van der Waals surface area contributed by atoms with E-state index in [1.807, 2.05) is 12.1 Å². The van der Waals surface area contributed by atoms with E-state index in [1.165, 1.54) is 11.9 Å². The summed E-state index contributed by atoms with van der Waals surface area (Å²) >= 11 is 0. The zero-order valence-corrected chi connectivity index (χ0v) is 9.82. The fourth-order valence-electron chi connectivity index (χ4n) is 1.38. The highest BCUT2D eigenvalue weighted by Crippen LogP contribution is 2.06. The Labute approximate surface area is 92.7 Å². The van der Waals surface area contributed by atoms with Crippen LogP contribution in [0.5, 0.6) is 5.75 Å². The lowest BCUT2D eigenvalue weighted by atomic mass is 9.64. The van der Waals surface area contributed by atoms with Crippen molar-refractivity contribution in [3.05, 3.63) is 24.3 Å². The number of hydrogen-bond acceptors (Lipinski definition) is 2. The van der Waals surface area contributed by atoms with Gasteiger partial charge in [0.05, 0.1) is 7.11 Å². The summed E-state index contributed by atoms with van der Waals surface area (Å²) in [6.45, 7) is 5.25. The summed E-state index contributed by atoms with van der Waals surface area (Å²) in [5.41, 5.74) is 1.20. The van der Waals surface area contributed by atoms with Crippen molar-refractivity contribution in [3.63, 3.8) is 0 Å². The Morgan fingerprint density at radius 3 is 2.40 bits per heavy atom. The average molecular weight is 206 g/mol. The van der Waals surface area contributed by atoms with Crippen molar-refractivity contribution in [2.75, 3.05) is 13.7 Å². The second kappa shape index (κ2) is 6.51. The molecule has 0 aliphatic carbocycles. The lowest BCUT2D eigenvalue weighted by Crippen LogP contribution is -2.30. The highest BCUT2D eigenvalue weighted by Gasteiger charge is 2.10. The van der Waals surface area contributed by atoms with Crippen molar-refractivity contribution >= 4 is 12.4 Å². The summed E-state index contributed by atoms with van der Waals surface area (Å²) in [6, 6.07) is 8.04. The molecule has 0 saturated carbocycles. The number of rotatable bonds is 6. The van der Waals surface area contributed by atoms with Crippen LogP contribution in [0, 0.1) is 0 Å². The maximum atomic E-state index is 5.70. The van der Waals surface area contributed by atoms with Gasteiger partial charge in [0.15, 0.2) is 0 Å². The minimum atomic E-state index is 0.169. The van der Waals surface area contributed by atoms with E-state index in [0.717, 1.165) is 18.8 Å². The predicted octanol–water partition coefficient (Wildman–Crippen LogP) is 2.34. The highest BCUT2D eigenvalue weighted by molar-refractivity contribution is 6.66. The first-order valence-corrected chi connectivity index (χ1v) is 5.53. The average Bonchev–Trinajstić information content (AvgIpc) is 2.29. The van der Waals surface area contributed by atoms with Crippen molar-refractivity contribution in [1.82, 2.24) is 0 Å². The lowest BCUT2D eigenvalue weighted by molar-refractivity contribution is 0.320. The molecular formula is C12H19BO2. The first-order chi connectivity index (χ1) is 7.27. The number of hydrogen-bond donors (Lipinski definition) is 0. The summed E-state index contributed by atoms with van der Waals surface area (Å²) in [5.74, 6) is 0.888. The van der Waals surface area contributed by atoms with Crippen LogP contribution >= 0.6 is 0 Å². The van der Waals surface area contributed by atoms with E-state index in [9.17, 15) is 0 Å². The summed E-state index contributed by atoms with van der Waals surface area (Å²) in [6.07, 6.45) is 2.30. The van der Waals surface area contributed by atoms with E-state index in [4.69, 9.17) is 9.39 Å². The van der Waals surface area contributed by atoms with E-state index in [0.29, 0.717) is 0 Å². The molecule has 0 radical (unpaired) electrons. The van der Waals surface area contributed by atoms with Crippen LogP contribution in [0.25, 0.3) is 0 Å². The van der Waals surface area contributed by atoms with Crippen LogP contribution in [0.1, 0.15) is 19.8 Å². The largest absolute Gasteiger partial charge is 0.497 e. The molecule has 0 amide bonds. The molecule has 0 saturated heterocycles. The molecule has 1 rings (SSSR count). The fraction of sp³-hybridized carbons (Fsp3) is 0.500. The Bertz CT molecular complexity index is 271. The minimum Gasteiger partial charge on any atom is -0.497 e. The minimum absolute atomic E-state index is 0.169. The summed E-state index contributed by atoms with van der Waals surface area (Å²) in [7, 11) is 1.68. The second-order valence-corrected chi connectivity index (χ2v) is 3.64. The number of ether oxygens (including phenoxy) is 1. The van der Waals surface area contributed by atoms with Crippen molar-refractivity contribution in [2.24, 2.45) is 0 Å². The molecule has 0 bridgehead atoms. The summed E-state index contributed by atoms with van der Waals surface area (Å²) < 4.78 is 10.8. The highest BCUT2D eigenvalue weighted by atomic mass is 16.5. The van der Waals surface area contributed by atoms with Gasteiger partial charge in [-0.05, 0) is 24.0 Å². The van der Waals surface area contributed by atoms with Crippen molar-refractivity contribution in [2.45, 2.75) is 26.6 Å². The van der Waals surface area contributed by atoms with Gasteiger partial charge in [0.1, 0.15) is 5.75 Å². The second-order valence-electron chi connectivity index (χ2n) is 3.64. The Hall–Kier alpha value is -0.955. The molecule has 3 heteroatoms. The molecule has 0 aromatic heterocycles. The summed E-state index contributed by atoms with van der Waals surface area (Å²) in [4.78, 5) is 0. The van der Waals surface area contributed by atoms with Crippen molar-refractivity contribution in [1.29, 1.82) is 0 Å². The molecule has 0 heterocycles. The van der Waals surface area contributed by atoms with Gasteiger partial charge in [-0.1, -0.05) is 32.3 Å². The zero-order chi connectivity index (χ0) is 11.1. The monoisotopic (exact) mass is 206 g/mol. The maximum Gasteiger partial charge on any atom is 0.323 e. The van der Waals surface area contributed by atoms with Crippen molar-refractivity contribution < 1.29 is 9.39 Å². The smallest absolute Gasteiger partial charge is 0.323 e. The molecule has 2 nitrogen and oxygen atoms in total. The molecule has 1 aromatic carbocycles. The number of methoxy groups -OCH3 is 1. The van der Waals surface area contributed by atoms with Gasteiger partial charge in [0.2, 0.25) is 0 Å². The van der Waals surface area contributed by atoms with Crippen molar-refractivity contribution in [3.8, 4) is 5.75 Å². The normalized spacial score (nSPS) is 10.1. The van der Waals surface area contributed by atoms with Gasteiger partial charge < -0.3 is 9.39 Å². The van der Waals surface area contributed by atoms with E-state index in [1.54, 1.807) is 7.11 Å². The lowest BCUT2D eigenvalue weighted by Gasteiger charge is -2.10. The molecule has 1 aromatic rings. The zero-order valence-electron chi connectivity index (χ0n) is 9.82. The fourth-order valence-corrected chi connectivity index (χ4v) is 1.38. The molecular weight excluding hydrogens is 187 g/mol. The SMILES string of the molecule is CCCCOB(C)c1ccc(OC)cc1. The van der Waals surface area contributed by atoms with E-state index in [2.05, 4.69) is 25.9 Å². The molecule has 15 heavy (non-hydrogen) atoms. The van der Waals surface area contributed by atoms with Crippen LogP contribution in [-0.2, 0) is 4.65 Å². The number of unbranched alkanes of at least 4 members (excludes halogenated alkanes) is 1. The molecule has 0 N–H and O–H groups in total. The maximum absolute atomic E-state index is 5.70.